The third-order valence-corrected chi connectivity index (χ3v) is 5.54. The number of rotatable bonds is 3. The Bertz CT molecular complexity index is 976. The number of thioether (sulfide) groups is 1. The average molecular weight is 380 g/mol. The molecule has 6 nitrogen and oxygen atoms in total. The van der Waals surface area contributed by atoms with Gasteiger partial charge in [-0.2, -0.15) is 8.42 Å². The molecular formula is C16H13FN2O4S2. The zero-order valence-electron chi connectivity index (χ0n) is 12.9. The van der Waals surface area contributed by atoms with Crippen molar-refractivity contribution in [3.8, 4) is 0 Å². The van der Waals surface area contributed by atoms with Crippen LogP contribution in [-0.4, -0.2) is 25.5 Å². The predicted molar refractivity (Wildman–Crippen MR) is 93.1 cm³/mol. The van der Waals surface area contributed by atoms with Gasteiger partial charge in [0.15, 0.2) is 0 Å². The first-order chi connectivity index (χ1) is 11.7. The zero-order valence-corrected chi connectivity index (χ0v) is 14.6. The summed E-state index contributed by atoms with van der Waals surface area (Å²) >= 11 is 1.40. The predicted octanol–water partition coefficient (Wildman–Crippen LogP) is 3.03. The summed E-state index contributed by atoms with van der Waals surface area (Å²) in [5.74, 6) is -0.648. The lowest BCUT2D eigenvalue weighted by molar-refractivity contribution is -0.115. The van der Waals surface area contributed by atoms with E-state index in [1.54, 1.807) is 19.1 Å². The molecule has 0 radical (unpaired) electrons. The van der Waals surface area contributed by atoms with Crippen LogP contribution in [0, 0.1) is 0 Å². The number of carbonyl (C=O) groups excluding carboxylic acids is 2. The Balaban J connectivity index is 1.83. The molecule has 0 bridgehead atoms. The average Bonchev–Trinajstić information content (AvgIpc) is 2.55. The summed E-state index contributed by atoms with van der Waals surface area (Å²) in [6.07, 6.45) is 0. The summed E-state index contributed by atoms with van der Waals surface area (Å²) in [4.78, 5) is 24.4. The molecule has 130 valence electrons. The molecule has 0 saturated carbocycles. The number of carbonyl (C=O) groups is 2. The monoisotopic (exact) mass is 380 g/mol. The molecule has 1 aliphatic heterocycles. The van der Waals surface area contributed by atoms with Gasteiger partial charge in [-0.15, -0.1) is 15.6 Å². The van der Waals surface area contributed by atoms with Crippen molar-refractivity contribution in [2.45, 2.75) is 22.0 Å². The maximum Gasteiger partial charge on any atom is 0.332 e. The van der Waals surface area contributed by atoms with E-state index in [0.29, 0.717) is 5.69 Å². The van der Waals surface area contributed by atoms with Gasteiger partial charge in [0.1, 0.15) is 4.90 Å². The molecule has 0 saturated heterocycles. The molecule has 1 atom stereocenters. The van der Waals surface area contributed by atoms with Crippen LogP contribution in [0.4, 0.5) is 15.3 Å². The highest BCUT2D eigenvalue weighted by Crippen LogP contribution is 2.36. The molecule has 0 aromatic heterocycles. The SMILES string of the molecule is CC1Sc2ccc(C(=O)Nc3cccc(S(=O)(=O)F)c3)cc2NC1=O. The molecule has 2 aromatic carbocycles. The highest BCUT2D eigenvalue weighted by atomic mass is 32.3. The van der Waals surface area contributed by atoms with Gasteiger partial charge in [0.2, 0.25) is 5.91 Å². The maximum atomic E-state index is 13.0. The van der Waals surface area contributed by atoms with Crippen molar-refractivity contribution in [1.82, 2.24) is 0 Å². The minimum atomic E-state index is -4.85. The summed E-state index contributed by atoms with van der Waals surface area (Å²) in [7, 11) is -4.85. The van der Waals surface area contributed by atoms with E-state index in [1.165, 1.54) is 30.0 Å². The largest absolute Gasteiger partial charge is 0.332 e. The lowest BCUT2D eigenvalue weighted by atomic mass is 10.1. The van der Waals surface area contributed by atoms with E-state index in [1.807, 2.05) is 0 Å². The lowest BCUT2D eigenvalue weighted by Crippen LogP contribution is -2.26. The number of benzene rings is 2. The van der Waals surface area contributed by atoms with Gasteiger partial charge in [0.25, 0.3) is 5.91 Å². The second-order valence-electron chi connectivity index (χ2n) is 5.38. The molecule has 1 aliphatic rings. The van der Waals surface area contributed by atoms with Crippen LogP contribution in [0.2, 0.25) is 0 Å². The fourth-order valence-corrected chi connectivity index (χ4v) is 3.72. The molecule has 2 amide bonds. The molecule has 1 heterocycles. The Morgan fingerprint density at radius 3 is 2.72 bits per heavy atom. The number of hydrogen-bond donors (Lipinski definition) is 2. The first kappa shape index (κ1) is 17.4. The summed E-state index contributed by atoms with van der Waals surface area (Å²) < 4.78 is 34.9. The Kier molecular flexibility index (Phi) is 4.53. The van der Waals surface area contributed by atoms with Crippen molar-refractivity contribution >= 4 is 45.2 Å². The van der Waals surface area contributed by atoms with E-state index in [2.05, 4.69) is 10.6 Å². The fourth-order valence-electron chi connectivity index (χ4n) is 2.28. The number of anilines is 2. The van der Waals surface area contributed by atoms with Gasteiger partial charge in [0, 0.05) is 16.1 Å². The Morgan fingerprint density at radius 1 is 1.24 bits per heavy atom. The van der Waals surface area contributed by atoms with Crippen molar-refractivity contribution < 1.29 is 21.9 Å². The van der Waals surface area contributed by atoms with Crippen LogP contribution in [-0.2, 0) is 15.0 Å². The molecule has 9 heteroatoms. The van der Waals surface area contributed by atoms with Gasteiger partial charge in [-0.3, -0.25) is 9.59 Å². The first-order valence-corrected chi connectivity index (χ1v) is 9.48. The minimum Gasteiger partial charge on any atom is -0.324 e. The second-order valence-corrected chi connectivity index (χ2v) is 8.11. The van der Waals surface area contributed by atoms with Crippen LogP contribution in [0.3, 0.4) is 0 Å². The van der Waals surface area contributed by atoms with Crippen LogP contribution in [0.5, 0.6) is 0 Å². The van der Waals surface area contributed by atoms with Crippen LogP contribution in [0.1, 0.15) is 17.3 Å². The smallest absolute Gasteiger partial charge is 0.324 e. The zero-order chi connectivity index (χ0) is 18.2. The molecule has 0 aliphatic carbocycles. The van der Waals surface area contributed by atoms with Crippen molar-refractivity contribution in [3.63, 3.8) is 0 Å². The minimum absolute atomic E-state index is 0.143. The second kappa shape index (κ2) is 6.49. The molecule has 3 rings (SSSR count). The van der Waals surface area contributed by atoms with Crippen LogP contribution in [0.25, 0.3) is 0 Å². The Labute approximate surface area is 148 Å². The first-order valence-electron chi connectivity index (χ1n) is 7.22. The third-order valence-electron chi connectivity index (χ3n) is 3.55. The summed E-state index contributed by atoms with van der Waals surface area (Å²) in [6, 6.07) is 9.77. The summed E-state index contributed by atoms with van der Waals surface area (Å²) in [6.45, 7) is 1.79. The Hall–Kier alpha value is -2.39. The molecule has 0 fully saturated rings. The highest BCUT2D eigenvalue weighted by molar-refractivity contribution is 8.01. The van der Waals surface area contributed by atoms with Gasteiger partial charge < -0.3 is 10.6 Å². The molecule has 2 aromatic rings. The number of halogens is 1. The van der Waals surface area contributed by atoms with Crippen molar-refractivity contribution in [2.75, 3.05) is 10.6 Å². The van der Waals surface area contributed by atoms with Gasteiger partial charge in [-0.1, -0.05) is 6.07 Å². The number of nitrogens with one attached hydrogen (secondary N) is 2. The van der Waals surface area contributed by atoms with Gasteiger partial charge in [-0.05, 0) is 43.3 Å². The lowest BCUT2D eigenvalue weighted by Gasteiger charge is -2.21. The fraction of sp³-hybridized carbons (Fsp3) is 0.125. The van der Waals surface area contributed by atoms with E-state index in [0.717, 1.165) is 17.0 Å². The van der Waals surface area contributed by atoms with Gasteiger partial charge >= 0.3 is 10.2 Å². The number of hydrogen-bond acceptors (Lipinski definition) is 5. The van der Waals surface area contributed by atoms with Crippen LogP contribution in [0.15, 0.2) is 52.3 Å². The molecule has 1 unspecified atom stereocenters. The van der Waals surface area contributed by atoms with E-state index >= 15 is 0 Å². The van der Waals surface area contributed by atoms with E-state index < -0.39 is 21.0 Å². The highest BCUT2D eigenvalue weighted by Gasteiger charge is 2.23. The number of fused-ring (bicyclic) bond motifs is 1. The van der Waals surface area contributed by atoms with Crippen LogP contribution >= 0.6 is 11.8 Å². The molecule has 2 N–H and O–H groups in total. The number of amides is 2. The van der Waals surface area contributed by atoms with Gasteiger partial charge in [0.05, 0.1) is 10.9 Å². The molecule has 0 spiro atoms. The van der Waals surface area contributed by atoms with Crippen LogP contribution < -0.4 is 10.6 Å². The quantitative estimate of drug-likeness (QED) is 0.799. The van der Waals surface area contributed by atoms with Crippen molar-refractivity contribution in [2.24, 2.45) is 0 Å². The standard InChI is InChI=1S/C16H13FN2O4S2/c1-9-15(20)19-13-7-10(5-6-14(13)24-9)16(21)18-11-3-2-4-12(8-11)25(17,22)23/h2-9H,1H3,(H,18,21)(H,19,20). The summed E-state index contributed by atoms with van der Waals surface area (Å²) in [5.41, 5.74) is 0.969. The van der Waals surface area contributed by atoms with E-state index in [4.69, 9.17) is 0 Å². The molecular weight excluding hydrogens is 367 g/mol. The van der Waals surface area contributed by atoms with E-state index in [9.17, 15) is 21.9 Å². The van der Waals surface area contributed by atoms with Crippen molar-refractivity contribution in [1.29, 1.82) is 0 Å². The Morgan fingerprint density at radius 2 is 2.00 bits per heavy atom. The van der Waals surface area contributed by atoms with Crippen molar-refractivity contribution in [3.05, 3.63) is 48.0 Å². The molecule has 25 heavy (non-hydrogen) atoms. The maximum absolute atomic E-state index is 13.0. The summed E-state index contributed by atoms with van der Waals surface area (Å²) in [5, 5.41) is 5.03. The normalized spacial score (nSPS) is 16.7. The third kappa shape index (κ3) is 3.83. The topological polar surface area (TPSA) is 92.3 Å². The van der Waals surface area contributed by atoms with Gasteiger partial charge in [-0.25, -0.2) is 0 Å². The van der Waals surface area contributed by atoms with E-state index in [-0.39, 0.29) is 22.4 Å².